The molecule has 7 aliphatic heterocycles. The van der Waals surface area contributed by atoms with E-state index in [1.54, 1.807) is 0 Å². The van der Waals surface area contributed by atoms with E-state index in [4.69, 9.17) is 116 Å². The summed E-state index contributed by atoms with van der Waals surface area (Å²) in [7, 11) is -56.2. The van der Waals surface area contributed by atoms with Crippen LogP contribution >= 0.6 is 0 Å². The first-order chi connectivity index (χ1) is 17.4. The molecule has 38 heteroatoms. The Morgan fingerprint density at radius 2 is 0.590 bits per heavy atom. The summed E-state index contributed by atoms with van der Waals surface area (Å²) in [5.41, 5.74) is 0. The number of hydrogen-bond acceptors (Lipinski definition) is 27. The summed E-state index contributed by atoms with van der Waals surface area (Å²) in [6, 6.07) is 0. The molecule has 0 aromatic carbocycles. The van der Waals surface area contributed by atoms with Gasteiger partial charge in [0.15, 0.2) is 0 Å². The molecular formula is CH22N10O17Si11. The molecule has 27 nitrogen and oxygen atoms in total. The second-order valence-corrected chi connectivity index (χ2v) is 37.8. The molecule has 0 amide bonds. The van der Waals surface area contributed by atoms with E-state index in [1.807, 2.05) is 0 Å². The average molecular weight is 755 g/mol. The fourth-order valence-corrected chi connectivity index (χ4v) is 57.2. The number of nitrogens with two attached hydrogens (primary N) is 10. The standard InChI is InChI=1S/CH22N10O17Si11/c2-29-1-14-32(5)20-37(10)23-33(6,16-29)21-34(7)18-31(1,4)19-35(8,25-38(11,24-34)26-37)22-36(9,17-30(1,3)15-29)28-39(12,13)27-32/h12-13H,2-11H2. The largest absolute Gasteiger partial charge is 0.661 e. The van der Waals surface area contributed by atoms with Gasteiger partial charge in [-0.3, -0.25) is 37.8 Å². The number of fused-ring (bicyclic) bond motifs is 5. The van der Waals surface area contributed by atoms with Crippen molar-refractivity contribution in [3.8, 4) is 0 Å². The molecule has 0 aromatic rings. The molecule has 7 aliphatic rings. The van der Waals surface area contributed by atoms with Crippen molar-refractivity contribution in [2.45, 2.75) is 4.47 Å². The minimum absolute atomic E-state index is 2.69. The van der Waals surface area contributed by atoms with Gasteiger partial charge in [-0.1, -0.05) is 0 Å². The van der Waals surface area contributed by atoms with E-state index in [2.05, 4.69) is 0 Å². The Morgan fingerprint density at radius 3 is 0.974 bits per heavy atom. The summed E-state index contributed by atoms with van der Waals surface area (Å²) in [6.07, 6.45) is 0. The van der Waals surface area contributed by atoms with E-state index in [1.165, 1.54) is 0 Å². The van der Waals surface area contributed by atoms with Gasteiger partial charge in [0.05, 0.1) is 0 Å². The average Bonchev–Trinajstić information content (AvgIpc) is 2.57. The Labute approximate surface area is 227 Å². The molecule has 1 spiro atoms. The molecule has 9 bridgehead atoms. The Balaban J connectivity index is 1.65. The van der Waals surface area contributed by atoms with Gasteiger partial charge in [0.25, 0.3) is 0 Å². The molecule has 0 radical (unpaired) electrons. The smallest absolute Gasteiger partial charge is 0.388 e. The lowest BCUT2D eigenvalue weighted by Gasteiger charge is -2.67. The SMILES string of the molecule is N[Si]12OC34[Si]5(N)O[Si]6(N)O[Si]7(N)O[Si](N)(O1)O[Si](N)(O[Si](N)(O7)O5)O[Si]3(N)O[Si]4(N)O[Si](N)(O[Si](O)(O)O2)O6. The molecule has 222 valence electrons. The van der Waals surface area contributed by atoms with Crippen molar-refractivity contribution in [3.63, 3.8) is 0 Å². The molecule has 7 saturated heterocycles. The van der Waals surface area contributed by atoms with E-state index < -0.39 is 102 Å². The van der Waals surface area contributed by atoms with E-state index in [0.29, 0.717) is 0 Å². The number of rotatable bonds is 0. The van der Waals surface area contributed by atoms with Crippen LogP contribution in [-0.4, -0.2) is 112 Å². The maximum Gasteiger partial charge on any atom is 0.661 e. The second-order valence-electron chi connectivity index (χ2n) is 8.99. The van der Waals surface area contributed by atoms with Gasteiger partial charge in [-0.2, -0.15) is 0 Å². The number of hydrogen-bond donors (Lipinski definition) is 12. The molecule has 11 unspecified atom stereocenters. The van der Waals surface area contributed by atoms with Crippen molar-refractivity contribution < 1.29 is 71.6 Å². The van der Waals surface area contributed by atoms with Gasteiger partial charge in [-0.25, -0.2) is 0 Å². The predicted molar refractivity (Wildman–Crippen MR) is 129 cm³/mol. The molecule has 0 aromatic heterocycles. The van der Waals surface area contributed by atoms with Crippen LogP contribution in [0.4, 0.5) is 0 Å². The first kappa shape index (κ1) is 29.0. The molecule has 11 atom stereocenters. The highest BCUT2D eigenvalue weighted by Gasteiger charge is 3.01. The second kappa shape index (κ2) is 7.40. The molecule has 7 rings (SSSR count). The van der Waals surface area contributed by atoms with Crippen molar-refractivity contribution in [3.05, 3.63) is 0 Å². The van der Waals surface area contributed by atoms with Gasteiger partial charge in [0, 0.05) is 0 Å². The van der Waals surface area contributed by atoms with E-state index in [-0.39, 0.29) is 0 Å². The molecule has 22 N–H and O–H groups in total. The Kier molecular flexibility index (Phi) is 5.51. The van der Waals surface area contributed by atoms with Crippen LogP contribution in [0.1, 0.15) is 0 Å². The van der Waals surface area contributed by atoms with Crippen molar-refractivity contribution in [2.24, 2.45) is 54.0 Å². The lowest BCUT2D eigenvalue weighted by Crippen LogP contribution is -3.11. The predicted octanol–water partition coefficient (Wildman–Crippen LogP) is -12.4. The van der Waals surface area contributed by atoms with Crippen LogP contribution in [0, 0.1) is 0 Å². The normalized spacial score (nSPS) is 66.8. The Bertz CT molecular complexity index is 1170. The molecule has 0 saturated carbocycles. The molecule has 0 aliphatic carbocycles. The van der Waals surface area contributed by atoms with Gasteiger partial charge < -0.3 is 87.8 Å². The minimum atomic E-state index is -5.64. The molecular weight excluding hydrogens is 733 g/mol. The zero-order valence-electron chi connectivity index (χ0n) is 18.8. The van der Waals surface area contributed by atoms with Crippen LogP contribution in [-0.2, 0) is 62.0 Å². The van der Waals surface area contributed by atoms with Crippen molar-refractivity contribution in [1.29, 1.82) is 0 Å². The third kappa shape index (κ3) is 3.91. The maximum absolute atomic E-state index is 10.8. The van der Waals surface area contributed by atoms with E-state index in [0.717, 1.165) is 0 Å². The summed E-state index contributed by atoms with van der Waals surface area (Å²) < 4.78 is 83.6. The lowest BCUT2D eigenvalue weighted by atomic mass is 11.6. The van der Waals surface area contributed by atoms with Crippen molar-refractivity contribution >= 4 is 98.0 Å². The highest BCUT2D eigenvalue weighted by Crippen LogP contribution is 2.55. The van der Waals surface area contributed by atoms with Gasteiger partial charge >= 0.3 is 98.0 Å². The van der Waals surface area contributed by atoms with Gasteiger partial charge in [0.2, 0.25) is 4.47 Å². The zero-order valence-corrected chi connectivity index (χ0v) is 29.8. The lowest BCUT2D eigenvalue weighted by molar-refractivity contribution is -0.00557. The monoisotopic (exact) mass is 754 g/mol. The van der Waals surface area contributed by atoms with Crippen molar-refractivity contribution in [1.82, 2.24) is 0 Å². The maximum atomic E-state index is 10.8. The topological polar surface area (TPSA) is 439 Å². The minimum Gasteiger partial charge on any atom is -0.388 e. The highest BCUT2D eigenvalue weighted by atomic mass is 28.6. The Morgan fingerprint density at radius 1 is 0.333 bits per heavy atom. The van der Waals surface area contributed by atoms with Crippen LogP contribution in [0.15, 0.2) is 0 Å². The van der Waals surface area contributed by atoms with Crippen LogP contribution in [0.3, 0.4) is 0 Å². The van der Waals surface area contributed by atoms with Crippen LogP contribution in [0.5, 0.6) is 0 Å². The van der Waals surface area contributed by atoms with E-state index in [9.17, 15) is 9.59 Å². The molecule has 39 heavy (non-hydrogen) atoms. The molecule has 7 fully saturated rings. The van der Waals surface area contributed by atoms with Crippen LogP contribution in [0.25, 0.3) is 0 Å². The quantitative estimate of drug-likeness (QED) is 0.102. The summed E-state index contributed by atoms with van der Waals surface area (Å²) in [4.78, 5) is 21.6. The first-order valence-electron chi connectivity index (χ1n) is 10.2. The Hall–Kier alpha value is 1.31. The van der Waals surface area contributed by atoms with Crippen LogP contribution in [0.2, 0.25) is 0 Å². The summed E-state index contributed by atoms with van der Waals surface area (Å²) >= 11 is 0. The van der Waals surface area contributed by atoms with Crippen molar-refractivity contribution in [2.75, 3.05) is 0 Å². The fourth-order valence-electron chi connectivity index (χ4n) is 4.89. The van der Waals surface area contributed by atoms with E-state index >= 15 is 0 Å². The van der Waals surface area contributed by atoms with Crippen LogP contribution < -0.4 is 54.0 Å². The third-order valence-electron chi connectivity index (χ3n) is 5.79. The first-order valence-corrected chi connectivity index (χ1v) is 30.2. The fraction of sp³-hybridized carbons (Fsp3) is 1.00. The summed E-state index contributed by atoms with van der Waals surface area (Å²) in [5, 5.41) is 64.4. The van der Waals surface area contributed by atoms with Gasteiger partial charge in [-0.05, 0) is 0 Å². The summed E-state index contributed by atoms with van der Waals surface area (Å²) in [5.74, 6) is 0. The van der Waals surface area contributed by atoms with Gasteiger partial charge in [-0.15, -0.1) is 0 Å². The summed E-state index contributed by atoms with van der Waals surface area (Å²) in [6.45, 7) is 0. The third-order valence-corrected chi connectivity index (χ3v) is 48.7. The molecule has 7 heterocycles. The van der Waals surface area contributed by atoms with Gasteiger partial charge in [0.1, 0.15) is 0 Å². The zero-order chi connectivity index (χ0) is 28.6. The highest BCUT2D eigenvalue weighted by molar-refractivity contribution is 7.19.